The Kier molecular flexibility index (Phi) is 6.17. The predicted octanol–water partition coefficient (Wildman–Crippen LogP) is 2.99. The van der Waals surface area contributed by atoms with Crippen LogP contribution in [0.5, 0.6) is 5.75 Å². The highest BCUT2D eigenvalue weighted by Crippen LogP contribution is 2.31. The van der Waals surface area contributed by atoms with Crippen molar-refractivity contribution in [3.8, 4) is 5.75 Å². The fourth-order valence-corrected chi connectivity index (χ4v) is 6.05. The van der Waals surface area contributed by atoms with Crippen molar-refractivity contribution in [2.75, 3.05) is 13.2 Å². The lowest BCUT2D eigenvalue weighted by Gasteiger charge is -2.21. The van der Waals surface area contributed by atoms with E-state index in [0.29, 0.717) is 18.4 Å². The third kappa shape index (κ3) is 4.26. The highest BCUT2D eigenvalue weighted by molar-refractivity contribution is 7.91. The van der Waals surface area contributed by atoms with Gasteiger partial charge in [-0.15, -0.1) is 11.3 Å². The van der Waals surface area contributed by atoms with Crippen LogP contribution >= 0.6 is 11.3 Å². The van der Waals surface area contributed by atoms with Gasteiger partial charge >= 0.3 is 11.9 Å². The minimum atomic E-state index is -3.74. The summed E-state index contributed by atoms with van der Waals surface area (Å²) in [5.41, 5.74) is 0.347. The van der Waals surface area contributed by atoms with E-state index in [0.717, 1.165) is 4.88 Å². The molecule has 3 rings (SSSR count). The Morgan fingerprint density at radius 3 is 2.50 bits per heavy atom. The van der Waals surface area contributed by atoms with Crippen LogP contribution in [-0.2, 0) is 19.6 Å². The summed E-state index contributed by atoms with van der Waals surface area (Å²) in [6, 6.07) is 8.41. The Balaban J connectivity index is 1.72. The molecule has 0 spiro atoms. The molecule has 0 saturated carbocycles. The standard InChI is InChI=1S/C19H21NO6S2/c1-3-25-18(21)14-7-9-15(10-8-14)26-19(22)16-5-4-12-20(16)28(23,24)17-11-6-13(2)27-17/h6-11,16H,3-5,12H2,1-2H3. The van der Waals surface area contributed by atoms with E-state index in [4.69, 9.17) is 9.47 Å². The highest BCUT2D eigenvalue weighted by Gasteiger charge is 2.41. The number of esters is 2. The maximum atomic E-state index is 12.9. The Hall–Kier alpha value is -2.23. The molecule has 1 aromatic heterocycles. The molecule has 1 atom stereocenters. The zero-order valence-electron chi connectivity index (χ0n) is 15.6. The number of nitrogens with zero attached hydrogens (tertiary/aromatic N) is 1. The summed E-state index contributed by atoms with van der Waals surface area (Å²) in [7, 11) is -3.74. The summed E-state index contributed by atoms with van der Waals surface area (Å²) in [4.78, 5) is 25.2. The molecule has 0 amide bonds. The highest BCUT2D eigenvalue weighted by atomic mass is 32.2. The molecule has 150 valence electrons. The van der Waals surface area contributed by atoms with E-state index in [9.17, 15) is 18.0 Å². The van der Waals surface area contributed by atoms with Crippen molar-refractivity contribution < 1.29 is 27.5 Å². The first-order valence-electron chi connectivity index (χ1n) is 8.90. The van der Waals surface area contributed by atoms with Crippen molar-refractivity contribution in [2.45, 2.75) is 36.9 Å². The lowest BCUT2D eigenvalue weighted by Crippen LogP contribution is -2.42. The summed E-state index contributed by atoms with van der Waals surface area (Å²) >= 11 is 1.18. The summed E-state index contributed by atoms with van der Waals surface area (Å²) in [6.07, 6.45) is 0.995. The van der Waals surface area contributed by atoms with Gasteiger partial charge in [0.15, 0.2) is 0 Å². The van der Waals surface area contributed by atoms with Crippen LogP contribution in [0.3, 0.4) is 0 Å². The quantitative estimate of drug-likeness (QED) is 0.524. The first kappa shape index (κ1) is 20.5. The minimum absolute atomic E-state index is 0.225. The van der Waals surface area contributed by atoms with Crippen LogP contribution in [-0.4, -0.2) is 43.9 Å². The van der Waals surface area contributed by atoms with Gasteiger partial charge in [0, 0.05) is 11.4 Å². The summed E-state index contributed by atoms with van der Waals surface area (Å²) in [5.74, 6) is -0.841. The van der Waals surface area contributed by atoms with Gasteiger partial charge in [-0.2, -0.15) is 4.31 Å². The Morgan fingerprint density at radius 1 is 1.18 bits per heavy atom. The molecule has 1 saturated heterocycles. The Labute approximate surface area is 167 Å². The lowest BCUT2D eigenvalue weighted by atomic mass is 10.2. The molecule has 2 heterocycles. The zero-order valence-corrected chi connectivity index (χ0v) is 17.2. The number of aryl methyl sites for hydroxylation is 1. The van der Waals surface area contributed by atoms with Gasteiger partial charge in [-0.05, 0) is 63.1 Å². The van der Waals surface area contributed by atoms with Crippen molar-refractivity contribution in [3.63, 3.8) is 0 Å². The van der Waals surface area contributed by atoms with E-state index in [1.807, 2.05) is 6.92 Å². The number of sulfonamides is 1. The molecule has 1 aliphatic rings. The summed E-state index contributed by atoms with van der Waals surface area (Å²) in [6.45, 7) is 4.10. The van der Waals surface area contributed by atoms with Crippen molar-refractivity contribution in [3.05, 3.63) is 46.8 Å². The monoisotopic (exact) mass is 423 g/mol. The van der Waals surface area contributed by atoms with E-state index in [2.05, 4.69) is 0 Å². The maximum absolute atomic E-state index is 12.9. The van der Waals surface area contributed by atoms with E-state index < -0.39 is 28.0 Å². The lowest BCUT2D eigenvalue weighted by molar-refractivity contribution is -0.137. The average Bonchev–Trinajstić information content (AvgIpc) is 3.32. The zero-order chi connectivity index (χ0) is 20.3. The second-order valence-corrected chi connectivity index (χ2v) is 9.71. The van der Waals surface area contributed by atoms with Gasteiger partial charge in [-0.3, -0.25) is 0 Å². The summed E-state index contributed by atoms with van der Waals surface area (Å²) < 4.78 is 37.5. The minimum Gasteiger partial charge on any atom is -0.462 e. The molecule has 0 radical (unpaired) electrons. The third-order valence-electron chi connectivity index (χ3n) is 4.34. The maximum Gasteiger partial charge on any atom is 0.338 e. The molecule has 2 aromatic rings. The van der Waals surface area contributed by atoms with Crippen LogP contribution in [0.1, 0.15) is 35.0 Å². The molecule has 1 fully saturated rings. The molecule has 7 nitrogen and oxygen atoms in total. The number of carbonyl (C=O) groups is 2. The molecular formula is C19H21NO6S2. The topological polar surface area (TPSA) is 90.0 Å². The average molecular weight is 424 g/mol. The van der Waals surface area contributed by atoms with E-state index in [-0.39, 0.29) is 23.1 Å². The van der Waals surface area contributed by atoms with Gasteiger partial charge in [-0.25, -0.2) is 18.0 Å². The Bertz CT molecular complexity index is 965. The fourth-order valence-electron chi connectivity index (χ4n) is 2.99. The van der Waals surface area contributed by atoms with Crippen LogP contribution in [0.25, 0.3) is 0 Å². The first-order chi connectivity index (χ1) is 13.3. The van der Waals surface area contributed by atoms with Gasteiger partial charge < -0.3 is 9.47 Å². The Morgan fingerprint density at radius 2 is 1.89 bits per heavy atom. The number of thiophene rings is 1. The van der Waals surface area contributed by atoms with Gasteiger partial charge in [0.25, 0.3) is 10.0 Å². The van der Waals surface area contributed by atoms with E-state index >= 15 is 0 Å². The van der Waals surface area contributed by atoms with Gasteiger partial charge in [0.2, 0.25) is 0 Å². The van der Waals surface area contributed by atoms with Gasteiger partial charge in [0.05, 0.1) is 12.2 Å². The molecule has 0 aliphatic carbocycles. The molecule has 9 heteroatoms. The van der Waals surface area contributed by atoms with Crippen molar-refractivity contribution >= 4 is 33.3 Å². The third-order valence-corrected chi connectivity index (χ3v) is 7.71. The number of ether oxygens (including phenoxy) is 2. The van der Waals surface area contributed by atoms with E-state index in [1.54, 1.807) is 19.1 Å². The molecular weight excluding hydrogens is 402 g/mol. The molecule has 1 unspecified atom stereocenters. The molecule has 28 heavy (non-hydrogen) atoms. The number of hydrogen-bond acceptors (Lipinski definition) is 7. The van der Waals surface area contributed by atoms with Crippen LogP contribution in [0.2, 0.25) is 0 Å². The SMILES string of the molecule is CCOC(=O)c1ccc(OC(=O)C2CCCN2S(=O)(=O)c2ccc(C)s2)cc1. The fraction of sp³-hybridized carbons (Fsp3) is 0.368. The van der Waals surface area contributed by atoms with Crippen LogP contribution < -0.4 is 4.74 Å². The van der Waals surface area contributed by atoms with Crippen LogP contribution in [0, 0.1) is 6.92 Å². The number of benzene rings is 1. The molecule has 0 N–H and O–H groups in total. The molecule has 1 aliphatic heterocycles. The number of carbonyl (C=O) groups excluding carboxylic acids is 2. The van der Waals surface area contributed by atoms with Crippen LogP contribution in [0.15, 0.2) is 40.6 Å². The number of rotatable bonds is 6. The summed E-state index contributed by atoms with van der Waals surface area (Å²) in [5, 5.41) is 0. The van der Waals surface area contributed by atoms with E-state index in [1.165, 1.54) is 39.9 Å². The normalized spacial score (nSPS) is 17.4. The second-order valence-electron chi connectivity index (χ2n) is 6.30. The predicted molar refractivity (Wildman–Crippen MR) is 104 cm³/mol. The molecule has 1 aromatic carbocycles. The smallest absolute Gasteiger partial charge is 0.338 e. The first-order valence-corrected chi connectivity index (χ1v) is 11.2. The number of hydrogen-bond donors (Lipinski definition) is 0. The van der Waals surface area contributed by atoms with Gasteiger partial charge in [0.1, 0.15) is 16.0 Å². The molecule has 0 bridgehead atoms. The second kappa shape index (κ2) is 8.42. The van der Waals surface area contributed by atoms with Gasteiger partial charge in [-0.1, -0.05) is 0 Å². The van der Waals surface area contributed by atoms with Crippen molar-refractivity contribution in [2.24, 2.45) is 0 Å². The van der Waals surface area contributed by atoms with Crippen LogP contribution in [0.4, 0.5) is 0 Å². The van der Waals surface area contributed by atoms with Crippen molar-refractivity contribution in [1.29, 1.82) is 0 Å². The van der Waals surface area contributed by atoms with Crippen molar-refractivity contribution in [1.82, 2.24) is 4.31 Å². The largest absolute Gasteiger partial charge is 0.462 e.